The highest BCUT2D eigenvalue weighted by molar-refractivity contribution is 6.05. The molecule has 13 nitrogen and oxygen atoms in total. The molecule has 2 aromatic heterocycles. The molecule has 3 heterocycles. The number of aromatic amines is 1. The lowest BCUT2D eigenvalue weighted by atomic mass is 9.78. The molecule has 15 heteroatoms. The van der Waals surface area contributed by atoms with Gasteiger partial charge in [0, 0.05) is 17.8 Å². The van der Waals surface area contributed by atoms with E-state index in [1.807, 2.05) is 0 Å². The van der Waals surface area contributed by atoms with Crippen molar-refractivity contribution in [3.63, 3.8) is 0 Å². The number of H-pyrrole nitrogens is 1. The lowest BCUT2D eigenvalue weighted by Gasteiger charge is -2.41. The summed E-state index contributed by atoms with van der Waals surface area (Å²) in [4.78, 5) is 56.9. The predicted octanol–water partition coefficient (Wildman–Crippen LogP) is 3.87. The lowest BCUT2D eigenvalue weighted by molar-refractivity contribution is -0.140. The molecule has 0 spiro atoms. The smallest absolute Gasteiger partial charge is 0.415 e. The van der Waals surface area contributed by atoms with E-state index >= 15 is 4.39 Å². The first-order chi connectivity index (χ1) is 22.5. The minimum atomic E-state index is -1.17. The van der Waals surface area contributed by atoms with Crippen molar-refractivity contribution in [2.24, 2.45) is 12.5 Å². The van der Waals surface area contributed by atoms with Crippen LogP contribution in [0.2, 0.25) is 0 Å². The van der Waals surface area contributed by atoms with Crippen LogP contribution < -0.4 is 15.8 Å². The number of nitrogens with zero attached hydrogens (tertiary/aromatic N) is 5. The van der Waals surface area contributed by atoms with Gasteiger partial charge in [0.05, 0.1) is 28.7 Å². The second-order valence-corrected chi connectivity index (χ2v) is 11.9. The fourth-order valence-electron chi connectivity index (χ4n) is 6.41. The Balaban J connectivity index is 1.44. The first-order valence-electron chi connectivity index (χ1n) is 14.9. The lowest BCUT2D eigenvalue weighted by Crippen LogP contribution is -2.44. The van der Waals surface area contributed by atoms with Crippen molar-refractivity contribution in [3.05, 3.63) is 93.9 Å². The standard InChI is InChI=1S/C32H31F2N7O6/c1-32(30(45)35-15-23(42)43)11-4-3-5-20(10-12-32)47-31(46)41-22-14-19(34)13-21-24(22)26(38-39-29(21)44)25(28-36-16-37-40(28)2)27(41)17-6-8-18(33)9-7-17/h3,5-9,13-14,16,20,25,27H,4,10-12,15H2,1-2H3,(H,35,45)(H,39,44)(H,42,43)/b5-3+/t20-,25-,27+,32+/m0/s1. The van der Waals surface area contributed by atoms with E-state index in [1.54, 1.807) is 26.1 Å². The fourth-order valence-corrected chi connectivity index (χ4v) is 6.41. The molecule has 1 aliphatic heterocycles. The van der Waals surface area contributed by atoms with Gasteiger partial charge in [-0.3, -0.25) is 24.0 Å². The number of hydrogen-bond donors (Lipinski definition) is 3. The SMILES string of the molecule is Cn1ncnc1[C@H]1c2n[nH]c(=O)c3cc(F)cc(c23)N(C(=O)O[C@H]2/C=C/CC[C@@](C)(C(=O)NCC(=O)O)CC2)[C@@H]1c1ccc(F)cc1. The molecule has 0 saturated carbocycles. The number of carboxylic acid groups (broad SMARTS) is 1. The normalized spacial score (nSPS) is 23.1. The summed E-state index contributed by atoms with van der Waals surface area (Å²) < 4.78 is 36.9. The molecular weight excluding hydrogens is 616 g/mol. The first-order valence-corrected chi connectivity index (χ1v) is 14.9. The Morgan fingerprint density at radius 3 is 2.62 bits per heavy atom. The molecule has 3 N–H and O–H groups in total. The maximum atomic E-state index is 15.2. The van der Waals surface area contributed by atoms with Crippen LogP contribution in [-0.4, -0.2) is 60.7 Å². The number of anilines is 1. The van der Waals surface area contributed by atoms with Crippen molar-refractivity contribution < 1.29 is 33.0 Å². The van der Waals surface area contributed by atoms with E-state index < -0.39 is 65.2 Å². The van der Waals surface area contributed by atoms with Gasteiger partial charge in [-0.25, -0.2) is 23.7 Å². The number of hydrogen-bond acceptors (Lipinski definition) is 8. The van der Waals surface area contributed by atoms with Crippen LogP contribution in [0.3, 0.4) is 0 Å². The molecule has 0 radical (unpaired) electrons. The summed E-state index contributed by atoms with van der Waals surface area (Å²) in [6, 6.07) is 6.63. The highest BCUT2D eigenvalue weighted by Gasteiger charge is 2.46. The number of rotatable bonds is 6. The quantitative estimate of drug-likeness (QED) is 0.263. The maximum Gasteiger partial charge on any atom is 0.415 e. The van der Waals surface area contributed by atoms with Crippen molar-refractivity contribution in [2.45, 2.75) is 50.7 Å². The number of halogens is 2. The van der Waals surface area contributed by atoms with Crippen molar-refractivity contribution in [3.8, 4) is 0 Å². The fraction of sp³-hybridized carbons (Fsp3) is 0.344. The third-order valence-corrected chi connectivity index (χ3v) is 8.84. The van der Waals surface area contributed by atoms with Crippen LogP contribution in [0.15, 0.2) is 59.7 Å². The minimum absolute atomic E-state index is 0.0269. The molecule has 6 rings (SSSR count). The van der Waals surface area contributed by atoms with Gasteiger partial charge in [-0.05, 0) is 61.6 Å². The second kappa shape index (κ2) is 12.4. The number of aromatic nitrogens is 5. The zero-order valence-electron chi connectivity index (χ0n) is 25.4. The van der Waals surface area contributed by atoms with Crippen LogP contribution in [0.4, 0.5) is 19.3 Å². The first kappa shape index (κ1) is 31.5. The molecule has 0 bridgehead atoms. The van der Waals surface area contributed by atoms with Crippen LogP contribution in [0.5, 0.6) is 0 Å². The highest BCUT2D eigenvalue weighted by atomic mass is 19.1. The van der Waals surface area contributed by atoms with Gasteiger partial charge in [0.25, 0.3) is 5.56 Å². The molecule has 1 aliphatic carbocycles. The molecule has 2 aromatic carbocycles. The van der Waals surface area contributed by atoms with Crippen LogP contribution in [0.25, 0.3) is 10.8 Å². The third kappa shape index (κ3) is 5.95. The number of carbonyl (C=O) groups is 3. The van der Waals surface area contributed by atoms with Crippen LogP contribution >= 0.6 is 0 Å². The van der Waals surface area contributed by atoms with E-state index in [-0.39, 0.29) is 29.3 Å². The average Bonchev–Trinajstić information content (AvgIpc) is 3.46. The molecule has 4 atom stereocenters. The zero-order chi connectivity index (χ0) is 33.5. The van der Waals surface area contributed by atoms with Crippen LogP contribution in [0.1, 0.15) is 61.6 Å². The van der Waals surface area contributed by atoms with Gasteiger partial charge in [0.1, 0.15) is 36.4 Å². The number of aliphatic carboxylic acids is 1. The molecule has 244 valence electrons. The zero-order valence-corrected chi connectivity index (χ0v) is 25.4. The van der Waals surface area contributed by atoms with Gasteiger partial charge < -0.3 is 15.2 Å². The summed E-state index contributed by atoms with van der Waals surface area (Å²) in [5.74, 6) is -3.39. The summed E-state index contributed by atoms with van der Waals surface area (Å²) in [6.45, 7) is 1.21. The van der Waals surface area contributed by atoms with E-state index in [9.17, 15) is 23.6 Å². The highest BCUT2D eigenvalue weighted by Crippen LogP contribution is 2.50. The number of benzene rings is 2. The topological polar surface area (TPSA) is 172 Å². The van der Waals surface area contributed by atoms with E-state index in [0.29, 0.717) is 29.9 Å². The van der Waals surface area contributed by atoms with E-state index in [1.165, 1.54) is 40.2 Å². The van der Waals surface area contributed by atoms with Crippen LogP contribution in [0, 0.1) is 17.0 Å². The summed E-state index contributed by atoms with van der Waals surface area (Å²) >= 11 is 0. The van der Waals surface area contributed by atoms with Crippen molar-refractivity contribution in [1.82, 2.24) is 30.3 Å². The number of nitrogens with one attached hydrogen (secondary N) is 2. The molecule has 2 aliphatic rings. The van der Waals surface area contributed by atoms with Gasteiger partial charge >= 0.3 is 12.1 Å². The number of aryl methyl sites for hydroxylation is 1. The number of carboxylic acids is 1. The molecular formula is C32H31F2N7O6. The Kier molecular flexibility index (Phi) is 8.30. The van der Waals surface area contributed by atoms with Crippen LogP contribution in [-0.2, 0) is 21.4 Å². The van der Waals surface area contributed by atoms with Gasteiger partial charge in [-0.2, -0.15) is 10.2 Å². The number of allylic oxidation sites excluding steroid dienone is 1. The summed E-state index contributed by atoms with van der Waals surface area (Å²) in [5.41, 5.74) is -0.817. The largest absolute Gasteiger partial charge is 0.480 e. The Morgan fingerprint density at radius 2 is 1.91 bits per heavy atom. The molecule has 4 aromatic rings. The van der Waals surface area contributed by atoms with E-state index in [4.69, 9.17) is 9.84 Å². The number of carbonyl (C=O) groups excluding carboxylic acids is 2. The third-order valence-electron chi connectivity index (χ3n) is 8.84. The molecule has 2 amide bonds. The molecule has 0 saturated heterocycles. The number of amides is 2. The van der Waals surface area contributed by atoms with Crippen molar-refractivity contribution in [1.29, 1.82) is 0 Å². The van der Waals surface area contributed by atoms with Crippen molar-refractivity contribution >= 4 is 34.4 Å². The molecule has 0 unspecified atom stereocenters. The maximum absolute atomic E-state index is 15.2. The molecule has 47 heavy (non-hydrogen) atoms. The summed E-state index contributed by atoms with van der Waals surface area (Å²) in [7, 11) is 1.65. The average molecular weight is 648 g/mol. The van der Waals surface area contributed by atoms with Gasteiger partial charge in [-0.15, -0.1) is 0 Å². The Labute approximate surface area is 266 Å². The second-order valence-electron chi connectivity index (χ2n) is 11.9. The Hall–Kier alpha value is -5.47. The van der Waals surface area contributed by atoms with E-state index in [0.717, 1.165) is 12.1 Å². The Morgan fingerprint density at radius 1 is 1.15 bits per heavy atom. The minimum Gasteiger partial charge on any atom is -0.480 e. The van der Waals surface area contributed by atoms with Gasteiger partial charge in [0.15, 0.2) is 0 Å². The number of ether oxygens (including phenoxy) is 1. The van der Waals surface area contributed by atoms with E-state index in [2.05, 4.69) is 25.6 Å². The Bertz CT molecular complexity index is 1960. The summed E-state index contributed by atoms with van der Waals surface area (Å²) in [6.07, 6.45) is 4.52. The molecule has 0 fully saturated rings. The van der Waals surface area contributed by atoms with Gasteiger partial charge in [0.2, 0.25) is 5.91 Å². The van der Waals surface area contributed by atoms with Gasteiger partial charge in [-0.1, -0.05) is 25.1 Å². The van der Waals surface area contributed by atoms with Crippen molar-refractivity contribution in [2.75, 3.05) is 11.4 Å². The predicted molar refractivity (Wildman–Crippen MR) is 163 cm³/mol. The summed E-state index contributed by atoms with van der Waals surface area (Å²) in [5, 5.41) is 22.6. The monoisotopic (exact) mass is 647 g/mol.